The van der Waals surface area contributed by atoms with Crippen molar-refractivity contribution in [3.05, 3.63) is 39.8 Å². The van der Waals surface area contributed by atoms with Gasteiger partial charge in [0.05, 0.1) is 5.69 Å². The van der Waals surface area contributed by atoms with E-state index in [2.05, 4.69) is 26.2 Å². The van der Waals surface area contributed by atoms with Crippen LogP contribution in [0.15, 0.2) is 34.1 Å². The number of carbonyl (C=O) groups is 1. The van der Waals surface area contributed by atoms with Crippen LogP contribution < -0.4 is 10.1 Å². The van der Waals surface area contributed by atoms with Gasteiger partial charge in [0.2, 0.25) is 5.91 Å². The van der Waals surface area contributed by atoms with E-state index in [1.165, 1.54) is 18.3 Å². The van der Waals surface area contributed by atoms with E-state index in [4.69, 9.17) is 4.74 Å². The minimum absolute atomic E-state index is 0.121. The number of rotatable bonds is 4. The molecule has 0 aliphatic rings. The lowest BCUT2D eigenvalue weighted by atomic mass is 10.3. The minimum atomic E-state index is -0.121. The number of halogens is 1. The summed E-state index contributed by atoms with van der Waals surface area (Å²) in [6.07, 6.45) is 0. The van der Waals surface area contributed by atoms with Crippen LogP contribution in [-0.4, -0.2) is 10.9 Å². The second kappa shape index (κ2) is 5.97. The second-order valence-electron chi connectivity index (χ2n) is 3.57. The van der Waals surface area contributed by atoms with Crippen LogP contribution in [0.25, 0.3) is 0 Å². The van der Waals surface area contributed by atoms with Gasteiger partial charge in [0.1, 0.15) is 12.4 Å². The highest BCUT2D eigenvalue weighted by atomic mass is 79.9. The predicted octanol–water partition coefficient (Wildman–Crippen LogP) is 3.44. The maximum Gasteiger partial charge on any atom is 0.223 e. The number of amides is 1. The van der Waals surface area contributed by atoms with Crippen molar-refractivity contribution in [3.63, 3.8) is 0 Å². The van der Waals surface area contributed by atoms with Gasteiger partial charge in [-0.3, -0.25) is 4.79 Å². The Morgan fingerprint density at radius 2 is 2.17 bits per heavy atom. The fourth-order valence-corrected chi connectivity index (χ4v) is 2.27. The molecule has 6 heteroatoms. The van der Waals surface area contributed by atoms with E-state index >= 15 is 0 Å². The monoisotopic (exact) mass is 326 g/mol. The first kappa shape index (κ1) is 13.0. The molecular weight excluding hydrogens is 316 g/mol. The highest BCUT2D eigenvalue weighted by molar-refractivity contribution is 9.10. The first-order valence-corrected chi connectivity index (χ1v) is 6.91. The van der Waals surface area contributed by atoms with Crippen LogP contribution in [-0.2, 0) is 11.4 Å². The standard InChI is InChI=1S/C12H11BrN2O2S/c1-8(16)14-12-15-10(7-18-12)6-17-11-4-2-9(13)3-5-11/h2-5,7H,6H2,1H3,(H,14,15,16). The van der Waals surface area contributed by atoms with E-state index in [0.717, 1.165) is 15.9 Å². The summed E-state index contributed by atoms with van der Waals surface area (Å²) >= 11 is 4.75. The first-order valence-electron chi connectivity index (χ1n) is 5.24. The molecular formula is C12H11BrN2O2S. The number of benzene rings is 1. The third-order valence-electron chi connectivity index (χ3n) is 2.04. The van der Waals surface area contributed by atoms with E-state index < -0.39 is 0 Å². The van der Waals surface area contributed by atoms with Crippen molar-refractivity contribution < 1.29 is 9.53 Å². The number of nitrogens with zero attached hydrogens (tertiary/aromatic N) is 1. The van der Waals surface area contributed by atoms with Crippen molar-refractivity contribution in [2.24, 2.45) is 0 Å². The Hall–Kier alpha value is -1.40. The third kappa shape index (κ3) is 3.82. The Labute approximate surface area is 117 Å². The van der Waals surface area contributed by atoms with Gasteiger partial charge < -0.3 is 10.1 Å². The van der Waals surface area contributed by atoms with E-state index in [-0.39, 0.29) is 5.91 Å². The normalized spacial score (nSPS) is 10.1. The molecule has 0 radical (unpaired) electrons. The molecule has 0 fully saturated rings. The zero-order chi connectivity index (χ0) is 13.0. The van der Waals surface area contributed by atoms with Crippen molar-refractivity contribution in [3.8, 4) is 5.75 Å². The van der Waals surface area contributed by atoms with Crippen LogP contribution in [0, 0.1) is 0 Å². The third-order valence-corrected chi connectivity index (χ3v) is 3.37. The zero-order valence-corrected chi connectivity index (χ0v) is 12.0. The molecule has 4 nitrogen and oxygen atoms in total. The Balaban J connectivity index is 1.92. The molecule has 0 spiro atoms. The number of hydrogen-bond donors (Lipinski definition) is 1. The number of ether oxygens (including phenoxy) is 1. The van der Waals surface area contributed by atoms with Crippen LogP contribution in [0.4, 0.5) is 5.13 Å². The maximum absolute atomic E-state index is 10.9. The van der Waals surface area contributed by atoms with Gasteiger partial charge >= 0.3 is 0 Å². The topological polar surface area (TPSA) is 51.2 Å². The Kier molecular flexibility index (Phi) is 4.33. The number of anilines is 1. The lowest BCUT2D eigenvalue weighted by Gasteiger charge is -2.03. The molecule has 0 bridgehead atoms. The molecule has 18 heavy (non-hydrogen) atoms. The largest absolute Gasteiger partial charge is 0.487 e. The maximum atomic E-state index is 10.9. The Morgan fingerprint density at radius 1 is 1.44 bits per heavy atom. The highest BCUT2D eigenvalue weighted by Crippen LogP contribution is 2.19. The number of carbonyl (C=O) groups excluding carboxylic acids is 1. The molecule has 1 heterocycles. The Morgan fingerprint density at radius 3 is 2.83 bits per heavy atom. The van der Waals surface area contributed by atoms with Gasteiger partial charge in [-0.1, -0.05) is 15.9 Å². The first-order chi connectivity index (χ1) is 8.63. The molecule has 0 unspecified atom stereocenters. The lowest BCUT2D eigenvalue weighted by molar-refractivity contribution is -0.114. The summed E-state index contributed by atoms with van der Waals surface area (Å²) in [6, 6.07) is 7.59. The quantitative estimate of drug-likeness (QED) is 0.936. The van der Waals surface area contributed by atoms with Gasteiger partial charge in [0.25, 0.3) is 0 Å². The van der Waals surface area contributed by atoms with Gasteiger partial charge in [0, 0.05) is 16.8 Å². The van der Waals surface area contributed by atoms with Crippen molar-refractivity contribution in [1.29, 1.82) is 0 Å². The van der Waals surface area contributed by atoms with Crippen LogP contribution in [0.5, 0.6) is 5.75 Å². The molecule has 0 saturated heterocycles. The van der Waals surface area contributed by atoms with Gasteiger partial charge in [-0.25, -0.2) is 4.98 Å². The molecule has 2 rings (SSSR count). The molecule has 0 aliphatic heterocycles. The van der Waals surface area contributed by atoms with Crippen LogP contribution in [0.3, 0.4) is 0 Å². The van der Waals surface area contributed by atoms with Crippen LogP contribution >= 0.6 is 27.3 Å². The van der Waals surface area contributed by atoms with Crippen molar-refractivity contribution in [1.82, 2.24) is 4.98 Å². The summed E-state index contributed by atoms with van der Waals surface area (Å²) in [7, 11) is 0. The zero-order valence-electron chi connectivity index (χ0n) is 9.64. The minimum Gasteiger partial charge on any atom is -0.487 e. The number of aromatic nitrogens is 1. The molecule has 0 atom stereocenters. The van der Waals surface area contributed by atoms with Gasteiger partial charge in [-0.2, -0.15) is 0 Å². The van der Waals surface area contributed by atoms with Gasteiger partial charge in [-0.05, 0) is 24.3 Å². The van der Waals surface area contributed by atoms with E-state index in [1.54, 1.807) is 0 Å². The van der Waals surface area contributed by atoms with Gasteiger partial charge in [-0.15, -0.1) is 11.3 Å². The van der Waals surface area contributed by atoms with Crippen LogP contribution in [0.2, 0.25) is 0 Å². The molecule has 0 saturated carbocycles. The van der Waals surface area contributed by atoms with Crippen molar-refractivity contribution in [2.75, 3.05) is 5.32 Å². The molecule has 1 N–H and O–H groups in total. The summed E-state index contributed by atoms with van der Waals surface area (Å²) in [4.78, 5) is 15.1. The fraction of sp³-hybridized carbons (Fsp3) is 0.167. The SMILES string of the molecule is CC(=O)Nc1nc(COc2ccc(Br)cc2)cs1. The summed E-state index contributed by atoms with van der Waals surface area (Å²) in [5.74, 6) is 0.664. The molecule has 1 aromatic heterocycles. The summed E-state index contributed by atoms with van der Waals surface area (Å²) < 4.78 is 6.59. The average Bonchev–Trinajstić information content (AvgIpc) is 2.75. The fourth-order valence-electron chi connectivity index (χ4n) is 1.27. The van der Waals surface area contributed by atoms with Crippen molar-refractivity contribution >= 4 is 38.3 Å². The summed E-state index contributed by atoms with van der Waals surface area (Å²) in [6.45, 7) is 1.84. The predicted molar refractivity (Wildman–Crippen MR) is 74.9 cm³/mol. The number of thiazole rings is 1. The number of hydrogen-bond acceptors (Lipinski definition) is 4. The van der Waals surface area contributed by atoms with Crippen LogP contribution in [0.1, 0.15) is 12.6 Å². The molecule has 2 aromatic rings. The summed E-state index contributed by atoms with van der Waals surface area (Å²) in [5, 5.41) is 5.10. The van der Waals surface area contributed by atoms with Crippen molar-refractivity contribution in [2.45, 2.75) is 13.5 Å². The number of nitrogens with one attached hydrogen (secondary N) is 1. The van der Waals surface area contributed by atoms with E-state index in [0.29, 0.717) is 11.7 Å². The molecule has 0 aliphatic carbocycles. The summed E-state index contributed by atoms with van der Waals surface area (Å²) in [5.41, 5.74) is 0.798. The molecule has 1 amide bonds. The molecule has 1 aromatic carbocycles. The lowest BCUT2D eigenvalue weighted by Crippen LogP contribution is -2.05. The smallest absolute Gasteiger partial charge is 0.223 e. The molecule has 94 valence electrons. The van der Waals surface area contributed by atoms with E-state index in [1.807, 2.05) is 29.6 Å². The second-order valence-corrected chi connectivity index (χ2v) is 5.34. The highest BCUT2D eigenvalue weighted by Gasteiger charge is 2.04. The van der Waals surface area contributed by atoms with E-state index in [9.17, 15) is 4.79 Å². The Bertz CT molecular complexity index is 539. The average molecular weight is 327 g/mol. The van der Waals surface area contributed by atoms with Gasteiger partial charge in [0.15, 0.2) is 5.13 Å².